The lowest BCUT2D eigenvalue weighted by Gasteiger charge is -2.10. The van der Waals surface area contributed by atoms with Gasteiger partial charge in [0, 0.05) is 16.1 Å². The van der Waals surface area contributed by atoms with E-state index in [0.717, 1.165) is 5.56 Å². The van der Waals surface area contributed by atoms with Crippen LogP contribution in [0.4, 0.5) is 0 Å². The molecule has 5 aromatic rings. The topological polar surface area (TPSA) is 73.5 Å². The van der Waals surface area contributed by atoms with E-state index in [-0.39, 0.29) is 5.56 Å². The molecule has 0 bridgehead atoms. The second-order valence-electron chi connectivity index (χ2n) is 7.61. The van der Waals surface area contributed by atoms with Crippen LogP contribution in [0.2, 0.25) is 5.02 Å². The number of aromatic nitrogens is 2. The predicted octanol–water partition coefficient (Wildman–Crippen LogP) is 5.82. The fraction of sp³-hybridized carbons (Fsp3) is 0. The second kappa shape index (κ2) is 9.75. The van der Waals surface area contributed by atoms with E-state index in [9.17, 15) is 9.59 Å². The molecule has 0 amide bonds. The number of nitrogens with zero attached hydrogens (tertiary/aromatic N) is 3. The number of carbonyl (C=O) groups excluding carboxylic acids is 1. The van der Waals surface area contributed by atoms with Crippen molar-refractivity contribution in [3.8, 4) is 17.1 Å². The number of hydrogen-bond acceptors (Lipinski definition) is 5. The van der Waals surface area contributed by atoms with Gasteiger partial charge in [0.05, 0.1) is 22.7 Å². The maximum absolute atomic E-state index is 13.3. The monoisotopic (exact) mass is 479 g/mol. The number of halogens is 1. The summed E-state index contributed by atoms with van der Waals surface area (Å²) in [5.41, 5.74) is 1.91. The molecule has 6 nitrogen and oxygen atoms in total. The van der Waals surface area contributed by atoms with Crippen LogP contribution in [0.3, 0.4) is 0 Å². The average molecular weight is 480 g/mol. The van der Waals surface area contributed by atoms with E-state index < -0.39 is 5.97 Å². The number of para-hydroxylation sites is 2. The molecule has 4 aromatic carbocycles. The van der Waals surface area contributed by atoms with Gasteiger partial charge >= 0.3 is 5.97 Å². The van der Waals surface area contributed by atoms with Crippen molar-refractivity contribution in [3.05, 3.63) is 130 Å². The highest BCUT2D eigenvalue weighted by molar-refractivity contribution is 6.30. The third kappa shape index (κ3) is 4.74. The van der Waals surface area contributed by atoms with E-state index in [0.29, 0.717) is 38.6 Å². The minimum absolute atomic E-state index is 0.304. The maximum atomic E-state index is 13.3. The fourth-order valence-electron chi connectivity index (χ4n) is 3.55. The summed E-state index contributed by atoms with van der Waals surface area (Å²) in [5.74, 6) is 0.178. The SMILES string of the molecule is O=C(Oc1ccccc1C=Nn1c(-c2ccccc2)nc2ccccc2c1=O)c1ccc(Cl)cc1. The molecule has 170 valence electrons. The molecule has 1 aromatic heterocycles. The summed E-state index contributed by atoms with van der Waals surface area (Å²) in [5, 5.41) is 5.44. The summed E-state index contributed by atoms with van der Waals surface area (Å²) in [4.78, 5) is 30.6. The highest BCUT2D eigenvalue weighted by Crippen LogP contribution is 2.21. The van der Waals surface area contributed by atoms with Crippen molar-refractivity contribution < 1.29 is 9.53 Å². The molecule has 7 heteroatoms. The highest BCUT2D eigenvalue weighted by atomic mass is 35.5. The van der Waals surface area contributed by atoms with Gasteiger partial charge in [0.1, 0.15) is 5.75 Å². The first-order chi connectivity index (χ1) is 17.1. The zero-order chi connectivity index (χ0) is 24.2. The zero-order valence-corrected chi connectivity index (χ0v) is 19.1. The molecular weight excluding hydrogens is 462 g/mol. The summed E-state index contributed by atoms with van der Waals surface area (Å²) in [6, 6.07) is 29.9. The van der Waals surface area contributed by atoms with Gasteiger partial charge in [-0.3, -0.25) is 4.79 Å². The molecular formula is C28H18ClN3O3. The van der Waals surface area contributed by atoms with Gasteiger partial charge in [-0.05, 0) is 48.5 Å². The molecule has 0 saturated heterocycles. The Morgan fingerprint density at radius 1 is 0.857 bits per heavy atom. The van der Waals surface area contributed by atoms with Crippen LogP contribution in [-0.2, 0) is 0 Å². The van der Waals surface area contributed by atoms with Crippen molar-refractivity contribution in [2.75, 3.05) is 0 Å². The standard InChI is InChI=1S/C28H18ClN3O3/c29-22-16-14-20(15-17-22)28(34)35-25-13-7-4-10-21(25)18-30-32-26(19-8-2-1-3-9-19)31-24-12-6-5-11-23(24)27(32)33/h1-18H. The Bertz CT molecular complexity index is 1610. The number of hydrogen-bond donors (Lipinski definition) is 0. The Morgan fingerprint density at radius 2 is 1.54 bits per heavy atom. The normalized spacial score (nSPS) is 11.1. The molecule has 0 spiro atoms. The molecule has 0 aliphatic rings. The van der Waals surface area contributed by atoms with Crippen molar-refractivity contribution in [1.29, 1.82) is 0 Å². The van der Waals surface area contributed by atoms with E-state index in [2.05, 4.69) is 10.1 Å². The molecule has 0 N–H and O–H groups in total. The summed E-state index contributed by atoms with van der Waals surface area (Å²) >= 11 is 5.90. The predicted molar refractivity (Wildman–Crippen MR) is 137 cm³/mol. The first-order valence-electron chi connectivity index (χ1n) is 10.8. The van der Waals surface area contributed by atoms with Crippen molar-refractivity contribution in [3.63, 3.8) is 0 Å². The minimum Gasteiger partial charge on any atom is -0.422 e. The molecule has 0 atom stereocenters. The number of esters is 1. The zero-order valence-electron chi connectivity index (χ0n) is 18.3. The van der Waals surface area contributed by atoms with Crippen molar-refractivity contribution in [2.45, 2.75) is 0 Å². The Balaban J connectivity index is 1.55. The van der Waals surface area contributed by atoms with Crippen LogP contribution in [0, 0.1) is 0 Å². The Labute approximate surface area is 205 Å². The van der Waals surface area contributed by atoms with E-state index in [1.165, 1.54) is 10.9 Å². The second-order valence-corrected chi connectivity index (χ2v) is 8.05. The molecule has 0 radical (unpaired) electrons. The molecule has 5 rings (SSSR count). The molecule has 0 fully saturated rings. The summed E-state index contributed by atoms with van der Waals surface area (Å²) < 4.78 is 6.86. The third-order valence-corrected chi connectivity index (χ3v) is 5.55. The van der Waals surface area contributed by atoms with E-state index >= 15 is 0 Å². The molecule has 0 saturated carbocycles. The molecule has 0 unspecified atom stereocenters. The van der Waals surface area contributed by atoms with Crippen molar-refractivity contribution in [1.82, 2.24) is 9.66 Å². The van der Waals surface area contributed by atoms with Gasteiger partial charge in [-0.25, -0.2) is 9.78 Å². The molecule has 0 aliphatic heterocycles. The van der Waals surface area contributed by atoms with E-state index in [4.69, 9.17) is 16.3 Å². The summed E-state index contributed by atoms with van der Waals surface area (Å²) in [6.07, 6.45) is 1.48. The van der Waals surface area contributed by atoms with Crippen LogP contribution in [0.5, 0.6) is 5.75 Å². The maximum Gasteiger partial charge on any atom is 0.343 e. The van der Waals surface area contributed by atoms with E-state index in [1.807, 2.05) is 36.4 Å². The van der Waals surface area contributed by atoms with Gasteiger partial charge in [-0.1, -0.05) is 66.2 Å². The van der Waals surface area contributed by atoms with Crippen LogP contribution < -0.4 is 10.3 Å². The Morgan fingerprint density at radius 3 is 2.34 bits per heavy atom. The number of fused-ring (bicyclic) bond motifs is 1. The van der Waals surface area contributed by atoms with Gasteiger partial charge in [0.15, 0.2) is 5.82 Å². The number of carbonyl (C=O) groups is 1. The van der Waals surface area contributed by atoms with Crippen LogP contribution in [0.25, 0.3) is 22.3 Å². The molecule has 35 heavy (non-hydrogen) atoms. The van der Waals surface area contributed by atoms with Gasteiger partial charge in [0.2, 0.25) is 0 Å². The number of ether oxygens (including phenoxy) is 1. The largest absolute Gasteiger partial charge is 0.422 e. The molecule has 1 heterocycles. The lowest BCUT2D eigenvalue weighted by molar-refractivity contribution is 0.0734. The smallest absolute Gasteiger partial charge is 0.343 e. The van der Waals surface area contributed by atoms with Gasteiger partial charge in [-0.15, -0.1) is 0 Å². The quantitative estimate of drug-likeness (QED) is 0.181. The van der Waals surface area contributed by atoms with Crippen LogP contribution in [0.1, 0.15) is 15.9 Å². The van der Waals surface area contributed by atoms with Gasteiger partial charge in [-0.2, -0.15) is 9.78 Å². The van der Waals surface area contributed by atoms with Gasteiger partial charge < -0.3 is 4.74 Å². The molecule has 0 aliphatic carbocycles. The Hall–Kier alpha value is -4.55. The van der Waals surface area contributed by atoms with Gasteiger partial charge in [0.25, 0.3) is 5.56 Å². The van der Waals surface area contributed by atoms with Crippen LogP contribution >= 0.6 is 11.6 Å². The van der Waals surface area contributed by atoms with Crippen LogP contribution in [-0.4, -0.2) is 21.8 Å². The minimum atomic E-state index is -0.531. The first kappa shape index (κ1) is 22.3. The van der Waals surface area contributed by atoms with E-state index in [1.54, 1.807) is 66.7 Å². The van der Waals surface area contributed by atoms with Crippen LogP contribution in [0.15, 0.2) is 113 Å². The number of benzene rings is 4. The summed E-state index contributed by atoms with van der Waals surface area (Å²) in [7, 11) is 0. The average Bonchev–Trinajstić information content (AvgIpc) is 2.90. The number of rotatable bonds is 5. The van der Waals surface area contributed by atoms with Crippen molar-refractivity contribution in [2.24, 2.45) is 5.10 Å². The third-order valence-electron chi connectivity index (χ3n) is 5.30. The lowest BCUT2D eigenvalue weighted by Crippen LogP contribution is -2.20. The lowest BCUT2D eigenvalue weighted by atomic mass is 10.2. The Kier molecular flexibility index (Phi) is 6.20. The summed E-state index contributed by atoms with van der Waals surface area (Å²) in [6.45, 7) is 0. The fourth-order valence-corrected chi connectivity index (χ4v) is 3.68. The van der Waals surface area contributed by atoms with Crippen molar-refractivity contribution >= 4 is 34.7 Å². The highest BCUT2D eigenvalue weighted by Gasteiger charge is 2.14. The first-order valence-corrected chi connectivity index (χ1v) is 11.2.